The first-order valence-electron chi connectivity index (χ1n) is 28.4. The van der Waals surface area contributed by atoms with Crippen LogP contribution in [0.4, 0.5) is 0 Å². The number of esters is 1. The molecule has 2 fully saturated rings. The smallest absolute Gasteiger partial charge is 0.306 e. The van der Waals surface area contributed by atoms with Gasteiger partial charge in [-0.15, -0.1) is 0 Å². The summed E-state index contributed by atoms with van der Waals surface area (Å²) in [5, 5.41) is 72.2. The van der Waals surface area contributed by atoms with Crippen LogP contribution in [0, 0.1) is 0 Å². The SMILES string of the molecule is CCCCCCC/C=C\C/C=C\CCCCCCCCCCCCOCC(COC1OC(COC2OC(CO)C(O)C(O)C2O)C(O)C(O)C1O)OC(=O)CCCCCCCCCCCCCCCC. The molecule has 0 radical (unpaired) electrons. The Balaban J connectivity index is 1.71. The molecule has 11 atom stereocenters. The van der Waals surface area contributed by atoms with Gasteiger partial charge in [-0.05, 0) is 44.9 Å². The molecule has 2 heterocycles. The molecule has 14 heteroatoms. The second-order valence-corrected chi connectivity index (χ2v) is 20.1. The van der Waals surface area contributed by atoms with Crippen LogP contribution in [0.1, 0.15) is 226 Å². The molecule has 0 saturated carbocycles. The van der Waals surface area contributed by atoms with Gasteiger partial charge in [0.2, 0.25) is 0 Å². The lowest BCUT2D eigenvalue weighted by Gasteiger charge is -2.42. The lowest BCUT2D eigenvalue weighted by Crippen LogP contribution is -2.61. The van der Waals surface area contributed by atoms with Crippen molar-refractivity contribution in [2.75, 3.05) is 33.0 Å². The average Bonchev–Trinajstić information content (AvgIpc) is 3.36. The average molecular weight is 1000 g/mol. The third-order valence-electron chi connectivity index (χ3n) is 13.7. The Morgan fingerprint density at radius 2 is 0.886 bits per heavy atom. The van der Waals surface area contributed by atoms with Gasteiger partial charge in [-0.1, -0.05) is 199 Å². The van der Waals surface area contributed by atoms with E-state index in [1.165, 1.54) is 154 Å². The number of carbonyl (C=O) groups excluding carboxylic acids is 1. The molecule has 11 unspecified atom stereocenters. The van der Waals surface area contributed by atoms with Crippen molar-refractivity contribution in [3.63, 3.8) is 0 Å². The number of ether oxygens (including phenoxy) is 6. The molecule has 2 aliphatic rings. The second kappa shape index (κ2) is 43.8. The zero-order valence-electron chi connectivity index (χ0n) is 44.0. The Hall–Kier alpha value is -1.53. The van der Waals surface area contributed by atoms with Gasteiger partial charge in [-0.2, -0.15) is 0 Å². The number of rotatable bonds is 46. The highest BCUT2D eigenvalue weighted by molar-refractivity contribution is 5.69. The number of hydrogen-bond acceptors (Lipinski definition) is 14. The molecule has 0 aliphatic carbocycles. The first-order chi connectivity index (χ1) is 34.1. The van der Waals surface area contributed by atoms with Crippen molar-refractivity contribution in [2.24, 2.45) is 0 Å². The number of aliphatic hydroxyl groups excluding tert-OH is 7. The third kappa shape index (κ3) is 30.6. The summed E-state index contributed by atoms with van der Waals surface area (Å²) in [6.45, 7) is 3.70. The minimum atomic E-state index is -1.70. The van der Waals surface area contributed by atoms with E-state index in [9.17, 15) is 40.5 Å². The van der Waals surface area contributed by atoms with Gasteiger partial charge in [0.25, 0.3) is 0 Å². The van der Waals surface area contributed by atoms with E-state index >= 15 is 0 Å². The number of unbranched alkanes of at least 4 members (excludes halogenated alkanes) is 28. The van der Waals surface area contributed by atoms with Crippen LogP contribution in [-0.2, 0) is 33.2 Å². The van der Waals surface area contributed by atoms with Gasteiger partial charge in [0.15, 0.2) is 12.6 Å². The molecule has 0 bridgehead atoms. The molecule has 2 aliphatic heterocycles. The van der Waals surface area contributed by atoms with E-state index in [4.69, 9.17) is 28.4 Å². The Labute approximate surface area is 424 Å². The van der Waals surface area contributed by atoms with Crippen LogP contribution in [-0.4, -0.2) is 142 Å². The van der Waals surface area contributed by atoms with Crippen molar-refractivity contribution in [3.8, 4) is 0 Å². The standard InChI is InChI=1S/C56H104O14/c1-3-5-7-9-11-13-15-17-19-20-21-22-23-24-25-26-28-30-32-34-36-38-40-65-42-45(68-48(58)39-37-35-33-31-29-27-18-16-14-12-10-8-6-4-2)43-66-55-54(64)52(62)50(60)47(70-55)44-67-56-53(63)51(61)49(59)46(41-57)69-56/h15,17,20-21,45-47,49-57,59-64H,3-14,16,18-19,22-44H2,1-2H3/b17-15-,21-20-. The summed E-state index contributed by atoms with van der Waals surface area (Å²) in [5.41, 5.74) is 0. The van der Waals surface area contributed by atoms with Crippen LogP contribution in [0.3, 0.4) is 0 Å². The monoisotopic (exact) mass is 1000 g/mol. The van der Waals surface area contributed by atoms with Gasteiger partial charge in [-0.25, -0.2) is 0 Å². The van der Waals surface area contributed by atoms with Crippen molar-refractivity contribution in [3.05, 3.63) is 24.3 Å². The highest BCUT2D eigenvalue weighted by Crippen LogP contribution is 2.27. The molecule has 2 rings (SSSR count). The van der Waals surface area contributed by atoms with Gasteiger partial charge in [0.1, 0.15) is 54.9 Å². The van der Waals surface area contributed by atoms with E-state index < -0.39 is 80.7 Å². The van der Waals surface area contributed by atoms with Gasteiger partial charge in [0, 0.05) is 13.0 Å². The summed E-state index contributed by atoms with van der Waals surface area (Å²) in [6, 6.07) is 0. The maximum Gasteiger partial charge on any atom is 0.306 e. The molecule has 0 aromatic heterocycles. The third-order valence-corrected chi connectivity index (χ3v) is 13.7. The Morgan fingerprint density at radius 3 is 1.37 bits per heavy atom. The van der Waals surface area contributed by atoms with Gasteiger partial charge in [-0.3, -0.25) is 4.79 Å². The van der Waals surface area contributed by atoms with Crippen molar-refractivity contribution >= 4 is 5.97 Å². The van der Waals surface area contributed by atoms with Crippen LogP contribution in [0.2, 0.25) is 0 Å². The first kappa shape index (κ1) is 64.6. The summed E-state index contributed by atoms with van der Waals surface area (Å²) < 4.78 is 34.4. The zero-order chi connectivity index (χ0) is 50.9. The number of aliphatic hydroxyl groups is 7. The number of hydrogen-bond donors (Lipinski definition) is 7. The minimum Gasteiger partial charge on any atom is -0.457 e. The van der Waals surface area contributed by atoms with E-state index in [0.717, 1.165) is 44.9 Å². The molecule has 0 aromatic carbocycles. The molecular formula is C56H104O14. The normalized spacial score (nSPS) is 25.6. The molecule has 70 heavy (non-hydrogen) atoms. The molecule has 0 spiro atoms. The van der Waals surface area contributed by atoms with Crippen molar-refractivity contribution in [1.82, 2.24) is 0 Å². The van der Waals surface area contributed by atoms with Crippen molar-refractivity contribution in [1.29, 1.82) is 0 Å². The largest absolute Gasteiger partial charge is 0.457 e. The molecule has 0 amide bonds. The highest BCUT2D eigenvalue weighted by atomic mass is 16.7. The predicted molar refractivity (Wildman–Crippen MR) is 275 cm³/mol. The van der Waals surface area contributed by atoms with Gasteiger partial charge in [0.05, 0.1) is 26.4 Å². The van der Waals surface area contributed by atoms with Crippen LogP contribution in [0.25, 0.3) is 0 Å². The summed E-state index contributed by atoms with van der Waals surface area (Å²) in [7, 11) is 0. The topological polar surface area (TPSA) is 214 Å². The lowest BCUT2D eigenvalue weighted by atomic mass is 9.98. The fourth-order valence-electron chi connectivity index (χ4n) is 9.08. The predicted octanol–water partition coefficient (Wildman–Crippen LogP) is 9.58. The fraction of sp³-hybridized carbons (Fsp3) is 0.911. The van der Waals surface area contributed by atoms with E-state index in [1.54, 1.807) is 0 Å². The van der Waals surface area contributed by atoms with Gasteiger partial charge >= 0.3 is 5.97 Å². The Bertz CT molecular complexity index is 1250. The van der Waals surface area contributed by atoms with Crippen LogP contribution < -0.4 is 0 Å². The molecule has 14 nitrogen and oxygen atoms in total. The Morgan fingerprint density at radius 1 is 0.471 bits per heavy atom. The maximum atomic E-state index is 13.0. The summed E-state index contributed by atoms with van der Waals surface area (Å²) in [5.74, 6) is -0.374. The van der Waals surface area contributed by atoms with Crippen LogP contribution >= 0.6 is 0 Å². The molecule has 2 saturated heterocycles. The van der Waals surface area contributed by atoms with Gasteiger partial charge < -0.3 is 64.2 Å². The van der Waals surface area contributed by atoms with E-state index in [0.29, 0.717) is 13.0 Å². The maximum absolute atomic E-state index is 13.0. The molecular weight excluding hydrogens is 897 g/mol. The lowest BCUT2D eigenvalue weighted by molar-refractivity contribution is -0.332. The van der Waals surface area contributed by atoms with Crippen molar-refractivity contribution < 1.29 is 69.0 Å². The molecule has 412 valence electrons. The first-order valence-corrected chi connectivity index (χ1v) is 28.4. The number of allylic oxidation sites excluding steroid dienone is 4. The quantitative estimate of drug-likeness (QED) is 0.0172. The summed E-state index contributed by atoms with van der Waals surface area (Å²) in [6.07, 6.45) is 32.4. The summed E-state index contributed by atoms with van der Waals surface area (Å²) in [4.78, 5) is 13.0. The molecule has 0 aromatic rings. The zero-order valence-corrected chi connectivity index (χ0v) is 44.0. The minimum absolute atomic E-state index is 0.0637. The van der Waals surface area contributed by atoms with E-state index in [2.05, 4.69) is 38.2 Å². The summed E-state index contributed by atoms with van der Waals surface area (Å²) >= 11 is 0. The Kier molecular flexibility index (Phi) is 40.4. The van der Waals surface area contributed by atoms with Crippen LogP contribution in [0.5, 0.6) is 0 Å². The molecule has 7 N–H and O–H groups in total. The number of carbonyl (C=O) groups is 1. The van der Waals surface area contributed by atoms with E-state index in [1.807, 2.05) is 0 Å². The van der Waals surface area contributed by atoms with Crippen molar-refractivity contribution in [2.45, 2.75) is 293 Å². The fourth-order valence-corrected chi connectivity index (χ4v) is 9.08. The van der Waals surface area contributed by atoms with Crippen LogP contribution in [0.15, 0.2) is 24.3 Å². The second-order valence-electron chi connectivity index (χ2n) is 20.1. The highest BCUT2D eigenvalue weighted by Gasteiger charge is 2.47. The van der Waals surface area contributed by atoms with E-state index in [-0.39, 0.29) is 25.6 Å².